The zero-order valence-electron chi connectivity index (χ0n) is 9.33. The first-order valence-corrected chi connectivity index (χ1v) is 6.52. The summed E-state index contributed by atoms with van der Waals surface area (Å²) in [6.45, 7) is 2.73. The fourth-order valence-electron chi connectivity index (χ4n) is 1.85. The van der Waals surface area contributed by atoms with E-state index >= 15 is 0 Å². The molecule has 88 valence electrons. The highest BCUT2D eigenvalue weighted by Crippen LogP contribution is 2.22. The number of nitrogens with one attached hydrogen (secondary N) is 1. The fraction of sp³-hybridized carbons (Fsp3) is 0.500. The zero-order valence-corrected chi connectivity index (χ0v) is 11.5. The highest BCUT2D eigenvalue weighted by atomic mass is 127. The van der Waals surface area contributed by atoms with Gasteiger partial charge in [-0.05, 0) is 46.7 Å². The Morgan fingerprint density at radius 1 is 1.56 bits per heavy atom. The van der Waals surface area contributed by atoms with Gasteiger partial charge in [-0.2, -0.15) is 0 Å². The maximum atomic E-state index is 5.68. The summed E-state index contributed by atoms with van der Waals surface area (Å²) in [6.07, 6.45) is 1.27. The molecule has 1 aromatic carbocycles. The van der Waals surface area contributed by atoms with Crippen LogP contribution in [0.15, 0.2) is 18.2 Å². The minimum atomic E-state index is 0.304. The van der Waals surface area contributed by atoms with Crippen LogP contribution in [0.3, 0.4) is 0 Å². The topological polar surface area (TPSA) is 30.5 Å². The number of morpholine rings is 1. The molecule has 2 rings (SSSR count). The molecule has 1 aliphatic rings. The average molecular weight is 333 g/mol. The molecule has 1 saturated heterocycles. The lowest BCUT2D eigenvalue weighted by Gasteiger charge is -2.23. The number of methoxy groups -OCH3 is 1. The number of hydrogen-bond acceptors (Lipinski definition) is 3. The molecule has 4 heteroatoms. The standard InChI is InChI=1S/C12H16INO2/c1-15-12-3-2-9(7-11(12)13)6-10-8-14-4-5-16-10/h2-3,7,10,14H,4-6,8H2,1H3/t10-/m1/s1. The molecule has 0 amide bonds. The minimum Gasteiger partial charge on any atom is -0.496 e. The van der Waals surface area contributed by atoms with Crippen LogP contribution in [-0.2, 0) is 11.2 Å². The highest BCUT2D eigenvalue weighted by Gasteiger charge is 2.14. The lowest BCUT2D eigenvalue weighted by molar-refractivity contribution is 0.0292. The van der Waals surface area contributed by atoms with Crippen LogP contribution in [0, 0.1) is 3.57 Å². The molecule has 1 fully saturated rings. The van der Waals surface area contributed by atoms with E-state index in [1.54, 1.807) is 7.11 Å². The van der Waals surface area contributed by atoms with Crippen LogP contribution < -0.4 is 10.1 Å². The molecular formula is C12H16INO2. The molecule has 1 N–H and O–H groups in total. The number of hydrogen-bond donors (Lipinski definition) is 1. The van der Waals surface area contributed by atoms with Gasteiger partial charge in [-0.25, -0.2) is 0 Å². The molecule has 1 aliphatic heterocycles. The van der Waals surface area contributed by atoms with Crippen molar-refractivity contribution >= 4 is 22.6 Å². The average Bonchev–Trinajstić information content (AvgIpc) is 2.31. The first kappa shape index (κ1) is 12.1. The second-order valence-corrected chi connectivity index (χ2v) is 5.03. The smallest absolute Gasteiger partial charge is 0.132 e. The summed E-state index contributed by atoms with van der Waals surface area (Å²) in [4.78, 5) is 0. The molecule has 1 atom stereocenters. The highest BCUT2D eigenvalue weighted by molar-refractivity contribution is 14.1. The number of halogens is 1. The predicted molar refractivity (Wildman–Crippen MR) is 72.0 cm³/mol. The van der Waals surface area contributed by atoms with Crippen molar-refractivity contribution in [3.8, 4) is 5.75 Å². The fourth-order valence-corrected chi connectivity index (χ4v) is 2.65. The zero-order chi connectivity index (χ0) is 11.4. The monoisotopic (exact) mass is 333 g/mol. The SMILES string of the molecule is COc1ccc(C[C@@H]2CNCCO2)cc1I. The third kappa shape index (κ3) is 3.09. The number of rotatable bonds is 3. The Labute approximate surface area is 110 Å². The molecule has 16 heavy (non-hydrogen) atoms. The van der Waals surface area contributed by atoms with Crippen molar-refractivity contribution in [3.63, 3.8) is 0 Å². The molecule has 1 heterocycles. The molecule has 3 nitrogen and oxygen atoms in total. The van der Waals surface area contributed by atoms with E-state index in [0.717, 1.165) is 35.4 Å². The largest absolute Gasteiger partial charge is 0.496 e. The summed E-state index contributed by atoms with van der Waals surface area (Å²) in [7, 11) is 1.70. The molecule has 0 unspecified atom stereocenters. The van der Waals surface area contributed by atoms with Crippen LogP contribution in [0.1, 0.15) is 5.56 Å². The van der Waals surface area contributed by atoms with Crippen molar-refractivity contribution in [2.45, 2.75) is 12.5 Å². The lowest BCUT2D eigenvalue weighted by atomic mass is 10.1. The predicted octanol–water partition coefficient (Wildman–Crippen LogP) is 1.83. The van der Waals surface area contributed by atoms with Crippen molar-refractivity contribution in [2.75, 3.05) is 26.8 Å². The summed E-state index contributed by atoms with van der Waals surface area (Å²) in [5.74, 6) is 0.937. The first-order valence-electron chi connectivity index (χ1n) is 5.44. The lowest BCUT2D eigenvalue weighted by Crippen LogP contribution is -2.39. The van der Waals surface area contributed by atoms with Crippen molar-refractivity contribution in [1.82, 2.24) is 5.32 Å². The normalized spacial score (nSPS) is 20.8. The molecule has 0 spiro atoms. The summed E-state index contributed by atoms with van der Waals surface area (Å²) < 4.78 is 12.1. The maximum absolute atomic E-state index is 5.68. The Balaban J connectivity index is 2.01. The Kier molecular flexibility index (Phi) is 4.43. The molecule has 0 radical (unpaired) electrons. The first-order chi connectivity index (χ1) is 7.79. The van der Waals surface area contributed by atoms with Gasteiger partial charge in [0.1, 0.15) is 5.75 Å². The van der Waals surface area contributed by atoms with Gasteiger partial charge in [0.25, 0.3) is 0 Å². The maximum Gasteiger partial charge on any atom is 0.132 e. The van der Waals surface area contributed by atoms with E-state index in [2.05, 4.69) is 40.0 Å². The van der Waals surface area contributed by atoms with E-state index in [1.807, 2.05) is 6.07 Å². The van der Waals surface area contributed by atoms with Gasteiger partial charge in [0.05, 0.1) is 23.4 Å². The molecular weight excluding hydrogens is 317 g/mol. The van der Waals surface area contributed by atoms with Gasteiger partial charge >= 0.3 is 0 Å². The third-order valence-electron chi connectivity index (χ3n) is 2.68. The summed E-state index contributed by atoms with van der Waals surface area (Å²) in [6, 6.07) is 6.30. The quantitative estimate of drug-likeness (QED) is 0.857. The second kappa shape index (κ2) is 5.84. The van der Waals surface area contributed by atoms with Crippen LogP contribution in [-0.4, -0.2) is 32.9 Å². The van der Waals surface area contributed by atoms with Gasteiger partial charge in [-0.15, -0.1) is 0 Å². The molecule has 0 aliphatic carbocycles. The minimum absolute atomic E-state index is 0.304. The van der Waals surface area contributed by atoms with E-state index in [-0.39, 0.29) is 0 Å². The Morgan fingerprint density at radius 3 is 3.06 bits per heavy atom. The molecule has 1 aromatic rings. The number of benzene rings is 1. The van der Waals surface area contributed by atoms with Crippen LogP contribution in [0.25, 0.3) is 0 Å². The number of ether oxygens (including phenoxy) is 2. The second-order valence-electron chi connectivity index (χ2n) is 3.87. The summed E-state index contributed by atoms with van der Waals surface area (Å²) in [5.41, 5.74) is 1.30. The van der Waals surface area contributed by atoms with Gasteiger partial charge in [0.2, 0.25) is 0 Å². The van der Waals surface area contributed by atoms with Crippen molar-refractivity contribution in [3.05, 3.63) is 27.3 Å². The summed E-state index contributed by atoms with van der Waals surface area (Å²) >= 11 is 2.30. The van der Waals surface area contributed by atoms with Gasteiger partial charge in [-0.3, -0.25) is 0 Å². The van der Waals surface area contributed by atoms with Gasteiger partial charge in [-0.1, -0.05) is 6.07 Å². The molecule has 0 saturated carbocycles. The van der Waals surface area contributed by atoms with Gasteiger partial charge < -0.3 is 14.8 Å². The van der Waals surface area contributed by atoms with E-state index in [1.165, 1.54) is 5.56 Å². The van der Waals surface area contributed by atoms with Crippen LogP contribution in [0.4, 0.5) is 0 Å². The van der Waals surface area contributed by atoms with Crippen molar-refractivity contribution < 1.29 is 9.47 Å². The van der Waals surface area contributed by atoms with E-state index in [4.69, 9.17) is 9.47 Å². The summed E-state index contributed by atoms with van der Waals surface area (Å²) in [5, 5.41) is 3.34. The molecule has 0 bridgehead atoms. The van der Waals surface area contributed by atoms with E-state index in [9.17, 15) is 0 Å². The Hall–Kier alpha value is -0.330. The van der Waals surface area contributed by atoms with E-state index in [0.29, 0.717) is 6.10 Å². The van der Waals surface area contributed by atoms with Crippen LogP contribution >= 0.6 is 22.6 Å². The third-order valence-corrected chi connectivity index (χ3v) is 3.53. The van der Waals surface area contributed by atoms with Crippen LogP contribution in [0.5, 0.6) is 5.75 Å². The molecule has 0 aromatic heterocycles. The Bertz CT molecular complexity index is 351. The van der Waals surface area contributed by atoms with Gasteiger partial charge in [0.15, 0.2) is 0 Å². The Morgan fingerprint density at radius 2 is 2.44 bits per heavy atom. The van der Waals surface area contributed by atoms with E-state index < -0.39 is 0 Å². The van der Waals surface area contributed by atoms with Crippen LogP contribution in [0.2, 0.25) is 0 Å². The van der Waals surface area contributed by atoms with Gasteiger partial charge in [0, 0.05) is 13.1 Å². The van der Waals surface area contributed by atoms with Crippen molar-refractivity contribution in [1.29, 1.82) is 0 Å². The van der Waals surface area contributed by atoms with Crippen molar-refractivity contribution in [2.24, 2.45) is 0 Å².